The molecule has 0 saturated carbocycles. The third-order valence-electron chi connectivity index (χ3n) is 1.37. The lowest BCUT2D eigenvalue weighted by molar-refractivity contribution is 1.44. The Balaban J connectivity index is 3.14. The summed E-state index contributed by atoms with van der Waals surface area (Å²) in [6.07, 6.45) is 0. The predicted octanol–water partition coefficient (Wildman–Crippen LogP) is 3.48. The van der Waals surface area contributed by atoms with Crippen LogP contribution in [0.5, 0.6) is 0 Å². The van der Waals surface area contributed by atoms with E-state index in [2.05, 4.69) is 36.4 Å². The summed E-state index contributed by atoms with van der Waals surface area (Å²) in [6.45, 7) is 2.05. The molecule has 0 radical (unpaired) electrons. The van der Waals surface area contributed by atoms with Gasteiger partial charge in [-0.3, -0.25) is 0 Å². The predicted molar refractivity (Wildman–Crippen MR) is 51.4 cm³/mol. The smallest absolute Gasteiger partial charge is 0.0481 e. The van der Waals surface area contributed by atoms with Gasteiger partial charge in [-0.2, -0.15) is 0 Å². The SMILES string of the molecule is Cc1c(Br)cccc1NBr. The van der Waals surface area contributed by atoms with Gasteiger partial charge in [0.25, 0.3) is 0 Å². The van der Waals surface area contributed by atoms with E-state index in [1.807, 2.05) is 25.1 Å². The second-order valence-corrected chi connectivity index (χ2v) is 3.26. The van der Waals surface area contributed by atoms with Crippen molar-refractivity contribution in [2.24, 2.45) is 0 Å². The number of benzene rings is 1. The summed E-state index contributed by atoms with van der Waals surface area (Å²) in [5.41, 5.74) is 2.30. The first-order valence-corrected chi connectivity index (χ1v) is 4.46. The molecule has 0 unspecified atom stereocenters. The molecular formula is C7H7Br2N. The zero-order valence-electron chi connectivity index (χ0n) is 5.49. The van der Waals surface area contributed by atoms with Crippen molar-refractivity contribution in [1.29, 1.82) is 0 Å². The second kappa shape index (κ2) is 3.39. The van der Waals surface area contributed by atoms with Gasteiger partial charge in [0.05, 0.1) is 0 Å². The van der Waals surface area contributed by atoms with Crippen LogP contribution < -0.4 is 4.34 Å². The maximum absolute atomic E-state index is 3.43. The largest absolute Gasteiger partial charge is 0.322 e. The lowest BCUT2D eigenvalue weighted by atomic mass is 10.2. The number of hydrogen-bond acceptors (Lipinski definition) is 1. The van der Waals surface area contributed by atoms with Crippen molar-refractivity contribution in [3.8, 4) is 0 Å². The Morgan fingerprint density at radius 2 is 2.10 bits per heavy atom. The van der Waals surface area contributed by atoms with Crippen LogP contribution in [-0.2, 0) is 0 Å². The quantitative estimate of drug-likeness (QED) is 0.766. The van der Waals surface area contributed by atoms with Crippen molar-refractivity contribution in [2.75, 3.05) is 4.34 Å². The van der Waals surface area contributed by atoms with E-state index in [1.165, 1.54) is 5.56 Å². The van der Waals surface area contributed by atoms with Crippen LogP contribution in [0.4, 0.5) is 5.69 Å². The average Bonchev–Trinajstić information content (AvgIpc) is 1.95. The number of halogens is 2. The van der Waals surface area contributed by atoms with Gasteiger partial charge in [0.15, 0.2) is 0 Å². The van der Waals surface area contributed by atoms with E-state index in [9.17, 15) is 0 Å². The maximum Gasteiger partial charge on any atom is 0.0481 e. The van der Waals surface area contributed by atoms with Crippen molar-refractivity contribution < 1.29 is 0 Å². The van der Waals surface area contributed by atoms with Crippen LogP contribution in [0.1, 0.15) is 5.56 Å². The fraction of sp³-hybridized carbons (Fsp3) is 0.143. The van der Waals surface area contributed by atoms with Crippen LogP contribution in [0.25, 0.3) is 0 Å². The molecule has 0 heterocycles. The Hall–Kier alpha value is -0.0200. The van der Waals surface area contributed by atoms with Crippen molar-refractivity contribution in [3.63, 3.8) is 0 Å². The van der Waals surface area contributed by atoms with E-state index >= 15 is 0 Å². The third kappa shape index (κ3) is 1.52. The standard InChI is InChI=1S/C7H7Br2N/c1-5-6(8)3-2-4-7(5)10-9/h2-4,10H,1H3. The van der Waals surface area contributed by atoms with Gasteiger partial charge in [-0.1, -0.05) is 22.0 Å². The molecule has 1 nitrogen and oxygen atoms in total. The van der Waals surface area contributed by atoms with Crippen molar-refractivity contribution in [2.45, 2.75) is 6.92 Å². The molecule has 0 fully saturated rings. The zero-order valence-corrected chi connectivity index (χ0v) is 8.66. The molecule has 0 bridgehead atoms. The molecule has 10 heavy (non-hydrogen) atoms. The monoisotopic (exact) mass is 263 g/mol. The first kappa shape index (κ1) is 8.08. The Labute approximate surface area is 77.3 Å². The van der Waals surface area contributed by atoms with Gasteiger partial charge in [-0.15, -0.1) is 0 Å². The van der Waals surface area contributed by atoms with E-state index in [0.29, 0.717) is 0 Å². The lowest BCUT2D eigenvalue weighted by Crippen LogP contribution is -1.84. The molecule has 0 amide bonds. The summed E-state index contributed by atoms with van der Waals surface area (Å²) in [7, 11) is 0. The minimum absolute atomic E-state index is 1.09. The summed E-state index contributed by atoms with van der Waals surface area (Å²) in [5.74, 6) is 0. The molecule has 0 saturated heterocycles. The molecule has 1 aromatic rings. The van der Waals surface area contributed by atoms with E-state index in [0.717, 1.165) is 10.2 Å². The fourth-order valence-corrected chi connectivity index (χ4v) is 1.51. The van der Waals surface area contributed by atoms with Gasteiger partial charge >= 0.3 is 0 Å². The van der Waals surface area contributed by atoms with Crippen molar-refractivity contribution in [1.82, 2.24) is 0 Å². The van der Waals surface area contributed by atoms with E-state index in [-0.39, 0.29) is 0 Å². The molecule has 0 spiro atoms. The first-order chi connectivity index (χ1) is 4.75. The molecule has 3 heteroatoms. The molecule has 54 valence electrons. The Morgan fingerprint density at radius 3 is 2.60 bits per heavy atom. The Bertz CT molecular complexity index is 235. The molecule has 1 aromatic carbocycles. The molecule has 1 N–H and O–H groups in total. The zero-order chi connectivity index (χ0) is 7.56. The van der Waals surface area contributed by atoms with Gasteiger partial charge in [-0.05, 0) is 24.6 Å². The van der Waals surface area contributed by atoms with Crippen molar-refractivity contribution >= 4 is 37.8 Å². The van der Waals surface area contributed by atoms with E-state index in [1.54, 1.807) is 0 Å². The molecule has 0 aromatic heterocycles. The van der Waals surface area contributed by atoms with Crippen molar-refractivity contribution in [3.05, 3.63) is 28.2 Å². The summed E-state index contributed by atoms with van der Waals surface area (Å²) in [6, 6.07) is 6.01. The lowest BCUT2D eigenvalue weighted by Gasteiger charge is -2.03. The van der Waals surface area contributed by atoms with E-state index in [4.69, 9.17) is 0 Å². The highest BCUT2D eigenvalue weighted by molar-refractivity contribution is 9.10. The summed E-state index contributed by atoms with van der Waals surface area (Å²) in [4.78, 5) is 0. The Morgan fingerprint density at radius 1 is 1.40 bits per heavy atom. The highest BCUT2D eigenvalue weighted by Crippen LogP contribution is 2.23. The average molecular weight is 265 g/mol. The van der Waals surface area contributed by atoms with Crippen LogP contribution in [0.2, 0.25) is 0 Å². The van der Waals surface area contributed by atoms with Gasteiger partial charge in [0, 0.05) is 26.3 Å². The molecule has 0 atom stereocenters. The minimum atomic E-state index is 1.09. The molecular weight excluding hydrogens is 258 g/mol. The third-order valence-corrected chi connectivity index (χ3v) is 2.66. The van der Waals surface area contributed by atoms with Crippen LogP contribution in [0.3, 0.4) is 0 Å². The highest BCUT2D eigenvalue weighted by atomic mass is 79.9. The van der Waals surface area contributed by atoms with Gasteiger partial charge in [0.2, 0.25) is 0 Å². The number of nitrogens with one attached hydrogen (secondary N) is 1. The Kier molecular flexibility index (Phi) is 2.74. The fourth-order valence-electron chi connectivity index (χ4n) is 0.710. The van der Waals surface area contributed by atoms with Crippen LogP contribution >= 0.6 is 32.1 Å². The van der Waals surface area contributed by atoms with Crippen LogP contribution in [0, 0.1) is 6.92 Å². The van der Waals surface area contributed by atoms with Crippen LogP contribution in [0.15, 0.2) is 22.7 Å². The summed E-state index contributed by atoms with van der Waals surface area (Å²) < 4.78 is 4.04. The number of rotatable bonds is 1. The highest BCUT2D eigenvalue weighted by Gasteiger charge is 1.97. The molecule has 0 aliphatic carbocycles. The van der Waals surface area contributed by atoms with Gasteiger partial charge < -0.3 is 4.34 Å². The number of hydrogen-bond donors (Lipinski definition) is 1. The van der Waals surface area contributed by atoms with Gasteiger partial charge in [-0.25, -0.2) is 0 Å². The molecule has 0 aliphatic rings. The summed E-state index contributed by atoms with van der Waals surface area (Å²) >= 11 is 6.60. The topological polar surface area (TPSA) is 12.0 Å². The van der Waals surface area contributed by atoms with Gasteiger partial charge in [0.1, 0.15) is 0 Å². The summed E-state index contributed by atoms with van der Waals surface area (Å²) in [5, 5.41) is 0. The maximum atomic E-state index is 3.43. The minimum Gasteiger partial charge on any atom is -0.322 e. The molecule has 0 aliphatic heterocycles. The normalized spacial score (nSPS) is 9.50. The van der Waals surface area contributed by atoms with Crippen LogP contribution in [-0.4, -0.2) is 0 Å². The number of anilines is 1. The first-order valence-electron chi connectivity index (χ1n) is 2.87. The molecule has 1 rings (SSSR count). The van der Waals surface area contributed by atoms with E-state index < -0.39 is 0 Å². The second-order valence-electron chi connectivity index (χ2n) is 2.01.